The molecule has 0 saturated heterocycles. The Balaban J connectivity index is -0.00000000750. The van der Waals surface area contributed by atoms with Crippen LogP contribution in [0.4, 0.5) is 0 Å². The van der Waals surface area contributed by atoms with Gasteiger partial charge < -0.3 is 9.49 Å². The van der Waals surface area contributed by atoms with Gasteiger partial charge in [-0.25, -0.2) is 0 Å². The molecule has 0 bridgehead atoms. The van der Waals surface area contributed by atoms with Gasteiger partial charge >= 0.3 is 0 Å². The zero-order valence-corrected chi connectivity index (χ0v) is 2.95. The van der Waals surface area contributed by atoms with Crippen LogP contribution in [0.5, 0.6) is 0 Å². The van der Waals surface area contributed by atoms with Gasteiger partial charge in [0.25, 0.3) is 5.09 Å². The number of hydrogen-bond acceptors (Lipinski definition) is 2. The fourth-order valence-corrected chi connectivity index (χ4v) is 0. The topological polar surface area (TPSA) is 63.4 Å². The molecular weight excluding hydrogens is 126 g/mol. The minimum Gasteiger partial charge on any atom is -1.00 e. The maximum absolute atomic E-state index is 8.36. The Hall–Kier alpha value is -0.281. The summed E-state index contributed by atoms with van der Waals surface area (Å²) in [5, 5.41) is 13.6. The van der Waals surface area contributed by atoms with E-state index in [9.17, 15) is 0 Å². The van der Waals surface area contributed by atoms with E-state index in [2.05, 4.69) is 0 Å². The van der Waals surface area contributed by atoms with E-state index in [1.54, 1.807) is 0 Å². The number of hydrogen-bond donors (Lipinski definition) is 1. The molecule has 0 aromatic heterocycles. The minimum atomic E-state index is -1.50. The van der Waals surface area contributed by atoms with Crippen LogP contribution in [0.1, 0.15) is 4.28 Å². The zero-order chi connectivity index (χ0) is 3.58. The van der Waals surface area contributed by atoms with Gasteiger partial charge in [0.15, 0.2) is 0 Å². The molecule has 0 unspecified atom stereocenters. The molecule has 5 heteroatoms. The van der Waals surface area contributed by atoms with Crippen LogP contribution in [0.15, 0.2) is 0 Å². The third-order valence-electron chi connectivity index (χ3n) is 0. The van der Waals surface area contributed by atoms with E-state index in [4.69, 9.17) is 15.3 Å². The van der Waals surface area contributed by atoms with Crippen LogP contribution < -0.4 is 0 Å². The van der Waals surface area contributed by atoms with Crippen molar-refractivity contribution in [3.05, 3.63) is 10.1 Å². The molecule has 0 rings (SSSR count). The van der Waals surface area contributed by atoms with Gasteiger partial charge in [-0.2, -0.15) is 0 Å². The van der Waals surface area contributed by atoms with Gasteiger partial charge in [0, 0.05) is 17.1 Å². The second-order valence-electron chi connectivity index (χ2n) is 0.238. The number of rotatable bonds is 0. The Morgan fingerprint density at radius 3 is 2.00 bits per heavy atom. The largest absolute Gasteiger partial charge is 1.00 e. The van der Waals surface area contributed by atoms with Crippen molar-refractivity contribution in [1.82, 2.24) is 0 Å². The summed E-state index contributed by atoms with van der Waals surface area (Å²) >= 11 is 0. The maximum atomic E-state index is 8.36. The maximum Gasteiger partial charge on any atom is 0.291 e. The fraction of sp³-hybridized carbons (Fsp3) is 0. The molecule has 0 aliphatic rings. The SMILES string of the molecule is O=[N+]([O-])O.[Cu].[H-].[H-].[H-]. The Labute approximate surface area is 42.8 Å². The molecule has 0 atom stereocenters. The second kappa shape index (κ2) is 3.72. The van der Waals surface area contributed by atoms with Crippen molar-refractivity contribution in [3.63, 3.8) is 0 Å². The minimum absolute atomic E-state index is 0. The third-order valence-corrected chi connectivity index (χ3v) is 0. The van der Waals surface area contributed by atoms with E-state index in [1.807, 2.05) is 0 Å². The molecule has 0 saturated carbocycles. The van der Waals surface area contributed by atoms with E-state index in [-0.39, 0.29) is 21.3 Å². The number of nitrogens with zero attached hydrogens (tertiary/aromatic N) is 1. The van der Waals surface area contributed by atoms with E-state index in [1.165, 1.54) is 0 Å². The molecule has 0 aromatic rings. The first kappa shape index (κ1) is 8.83. The van der Waals surface area contributed by atoms with Gasteiger partial charge in [-0.05, 0) is 0 Å². The fourth-order valence-electron chi connectivity index (χ4n) is 0. The summed E-state index contributed by atoms with van der Waals surface area (Å²) in [7, 11) is 0. The van der Waals surface area contributed by atoms with Crippen molar-refractivity contribution >= 4 is 0 Å². The predicted octanol–water partition coefficient (Wildman–Crippen LogP) is -0.0127. The Morgan fingerprint density at radius 2 is 2.00 bits per heavy atom. The summed E-state index contributed by atoms with van der Waals surface area (Å²) < 4.78 is 0. The van der Waals surface area contributed by atoms with Gasteiger partial charge in [0.1, 0.15) is 0 Å². The molecule has 0 heterocycles. The molecule has 41 valence electrons. The van der Waals surface area contributed by atoms with E-state index in [0.717, 1.165) is 0 Å². The zero-order valence-electron chi connectivity index (χ0n) is 5.01. The van der Waals surface area contributed by atoms with Gasteiger partial charge in [0.2, 0.25) is 0 Å². The average molecular weight is 130 g/mol. The van der Waals surface area contributed by atoms with Crippen LogP contribution in [0, 0.1) is 10.1 Å². The van der Waals surface area contributed by atoms with Crippen molar-refractivity contribution in [2.24, 2.45) is 0 Å². The van der Waals surface area contributed by atoms with E-state index < -0.39 is 5.09 Å². The molecule has 4 nitrogen and oxygen atoms in total. The Morgan fingerprint density at radius 1 is 2.00 bits per heavy atom. The monoisotopic (exact) mass is 129 g/mol. The molecule has 1 N–H and O–H groups in total. The third kappa shape index (κ3) is 140. The summed E-state index contributed by atoms with van der Waals surface area (Å²) in [5.74, 6) is 0. The van der Waals surface area contributed by atoms with Crippen LogP contribution in [0.2, 0.25) is 0 Å². The van der Waals surface area contributed by atoms with Crippen LogP contribution in [-0.4, -0.2) is 10.3 Å². The molecule has 1 radical (unpaired) electrons. The van der Waals surface area contributed by atoms with Crippen molar-refractivity contribution in [1.29, 1.82) is 0 Å². The molecule has 0 spiro atoms. The van der Waals surface area contributed by atoms with Crippen LogP contribution >= 0.6 is 0 Å². The van der Waals surface area contributed by atoms with Crippen LogP contribution in [0.25, 0.3) is 0 Å². The first-order valence-corrected chi connectivity index (χ1v) is 0.565. The first-order valence-electron chi connectivity index (χ1n) is 0.565. The van der Waals surface area contributed by atoms with Gasteiger partial charge in [-0.1, -0.05) is 0 Å². The summed E-state index contributed by atoms with van der Waals surface area (Å²) in [5.41, 5.74) is 0. The first-order chi connectivity index (χ1) is 1.73. The second-order valence-corrected chi connectivity index (χ2v) is 0.238. The molecule has 0 aliphatic heterocycles. The Bertz CT molecular complexity index is 37.5. The summed E-state index contributed by atoms with van der Waals surface area (Å²) in [6, 6.07) is 0. The normalized spacial score (nSPS) is 4.80. The van der Waals surface area contributed by atoms with Crippen LogP contribution in [-0.2, 0) is 17.1 Å². The molecule has 0 aromatic carbocycles. The van der Waals surface area contributed by atoms with E-state index >= 15 is 0 Å². The van der Waals surface area contributed by atoms with Gasteiger partial charge in [-0.3, -0.25) is 0 Å². The predicted molar refractivity (Wildman–Crippen MR) is 12.1 cm³/mol. The van der Waals surface area contributed by atoms with Crippen molar-refractivity contribution in [2.75, 3.05) is 0 Å². The molecule has 5 heavy (non-hydrogen) atoms. The smallest absolute Gasteiger partial charge is 0.291 e. The van der Waals surface area contributed by atoms with Crippen molar-refractivity contribution in [2.45, 2.75) is 0 Å². The average Bonchev–Trinajstić information content (AvgIpc) is 0.811. The quantitative estimate of drug-likeness (QED) is 0.284. The summed E-state index contributed by atoms with van der Waals surface area (Å²) in [4.78, 5) is 8.36. The Kier molecular flexibility index (Phi) is 6.57. The standard InChI is InChI=1S/Cu.HNO3.3H/c;2-1(3)4;;;/h;(H,2,3,4);;;/q;;3*-1. The molecule has 0 fully saturated rings. The molecule has 0 aliphatic carbocycles. The molecule has 0 amide bonds. The van der Waals surface area contributed by atoms with E-state index in [0.29, 0.717) is 0 Å². The van der Waals surface area contributed by atoms with Gasteiger partial charge in [-0.15, -0.1) is 10.1 Å². The van der Waals surface area contributed by atoms with Crippen molar-refractivity contribution < 1.29 is 31.6 Å². The van der Waals surface area contributed by atoms with Gasteiger partial charge in [0.05, 0.1) is 0 Å². The summed E-state index contributed by atoms with van der Waals surface area (Å²) in [6.45, 7) is 0. The van der Waals surface area contributed by atoms with Crippen molar-refractivity contribution in [3.8, 4) is 0 Å². The molecular formula is H4CuNO3-3. The van der Waals surface area contributed by atoms with Crippen LogP contribution in [0.3, 0.4) is 0 Å². The summed E-state index contributed by atoms with van der Waals surface area (Å²) in [6.07, 6.45) is 0.